The molecule has 0 saturated carbocycles. The number of ether oxygens (including phenoxy) is 2. The maximum Gasteiger partial charge on any atom is 0.264 e. The van der Waals surface area contributed by atoms with Crippen molar-refractivity contribution >= 4 is 43.5 Å². The Kier molecular flexibility index (Phi) is 12.4. The quantitative estimate of drug-likeness (QED) is 0.158. The zero-order valence-electron chi connectivity index (χ0n) is 27.0. The Labute approximate surface area is 285 Å². The third-order valence-corrected chi connectivity index (χ3v) is 9.87. The number of nitrogens with one attached hydrogen (secondary N) is 1. The Morgan fingerprint density at radius 3 is 2.21 bits per heavy atom. The summed E-state index contributed by atoms with van der Waals surface area (Å²) in [6, 6.07) is 27.1. The highest BCUT2D eigenvalue weighted by molar-refractivity contribution is 9.10. The van der Waals surface area contributed by atoms with Crippen LogP contribution in [0.1, 0.15) is 30.0 Å². The number of methoxy groups -OCH3 is 2. The number of carbonyl (C=O) groups excluding carboxylic acids is 2. The van der Waals surface area contributed by atoms with E-state index < -0.39 is 28.5 Å². The van der Waals surface area contributed by atoms with Gasteiger partial charge in [-0.05, 0) is 60.9 Å². The van der Waals surface area contributed by atoms with E-state index >= 15 is 0 Å². The molecule has 1 atom stereocenters. The van der Waals surface area contributed by atoms with Crippen LogP contribution in [0.15, 0.2) is 106 Å². The second-order valence-corrected chi connectivity index (χ2v) is 13.8. The van der Waals surface area contributed by atoms with Crippen LogP contribution in [0.25, 0.3) is 0 Å². The third-order valence-electron chi connectivity index (χ3n) is 7.60. The van der Waals surface area contributed by atoms with E-state index in [1.807, 2.05) is 68.4 Å². The van der Waals surface area contributed by atoms with E-state index in [0.29, 0.717) is 18.7 Å². The van der Waals surface area contributed by atoms with Gasteiger partial charge in [-0.1, -0.05) is 83.0 Å². The number of carbonyl (C=O) groups is 2. The summed E-state index contributed by atoms with van der Waals surface area (Å²) in [6.45, 7) is 3.69. The fraction of sp³-hybridized carbons (Fsp3) is 0.278. The standard InChI is InChI=1S/C36H40BrN3O6S/c1-5-20-38-36(42)33(22-27-10-7-6-8-11-27)39(24-28-12-9-13-29(37)21-28)35(41)25-40(32-23-30(45-3)16-19-34(32)46-4)47(43,44)31-17-14-26(2)15-18-31/h6-19,21,23,33H,5,20,22,24-25H2,1-4H3,(H,38,42)/t33-/m1/s1. The van der Waals surface area contributed by atoms with Gasteiger partial charge in [0.25, 0.3) is 10.0 Å². The van der Waals surface area contributed by atoms with Crippen molar-refractivity contribution in [2.24, 2.45) is 0 Å². The van der Waals surface area contributed by atoms with Gasteiger partial charge in [0.05, 0.1) is 24.8 Å². The molecule has 4 aromatic carbocycles. The SMILES string of the molecule is CCCNC(=O)[C@@H](Cc1ccccc1)N(Cc1cccc(Br)c1)C(=O)CN(c1cc(OC)ccc1OC)S(=O)(=O)c1ccc(C)cc1. The van der Waals surface area contributed by atoms with E-state index in [-0.39, 0.29) is 35.2 Å². The lowest BCUT2D eigenvalue weighted by Gasteiger charge is -2.34. The summed E-state index contributed by atoms with van der Waals surface area (Å²) >= 11 is 3.50. The summed E-state index contributed by atoms with van der Waals surface area (Å²) in [6.07, 6.45) is 0.935. The molecule has 1 N–H and O–H groups in total. The molecule has 248 valence electrons. The largest absolute Gasteiger partial charge is 0.497 e. The molecule has 0 saturated heterocycles. The number of amides is 2. The van der Waals surface area contributed by atoms with Crippen molar-refractivity contribution in [1.29, 1.82) is 0 Å². The monoisotopic (exact) mass is 721 g/mol. The molecular weight excluding hydrogens is 682 g/mol. The smallest absolute Gasteiger partial charge is 0.264 e. The number of halogens is 1. The molecule has 0 aliphatic carbocycles. The van der Waals surface area contributed by atoms with Crippen LogP contribution in [-0.2, 0) is 32.6 Å². The van der Waals surface area contributed by atoms with Crippen LogP contribution in [0.2, 0.25) is 0 Å². The number of sulfonamides is 1. The van der Waals surface area contributed by atoms with Gasteiger partial charge in [0.15, 0.2) is 0 Å². The molecular formula is C36H40BrN3O6S. The van der Waals surface area contributed by atoms with Gasteiger partial charge in [0.2, 0.25) is 11.8 Å². The summed E-state index contributed by atoms with van der Waals surface area (Å²) in [7, 11) is -1.41. The van der Waals surface area contributed by atoms with Crippen LogP contribution in [0, 0.1) is 6.92 Å². The zero-order valence-corrected chi connectivity index (χ0v) is 29.4. The van der Waals surface area contributed by atoms with Crippen LogP contribution in [0.3, 0.4) is 0 Å². The minimum absolute atomic E-state index is 0.000775. The van der Waals surface area contributed by atoms with E-state index in [9.17, 15) is 18.0 Å². The van der Waals surface area contributed by atoms with Gasteiger partial charge in [-0.2, -0.15) is 0 Å². The summed E-state index contributed by atoms with van der Waals surface area (Å²) in [4.78, 5) is 29.9. The lowest BCUT2D eigenvalue weighted by atomic mass is 10.0. The van der Waals surface area contributed by atoms with Crippen molar-refractivity contribution in [1.82, 2.24) is 10.2 Å². The lowest BCUT2D eigenvalue weighted by molar-refractivity contribution is -0.140. The second kappa shape index (κ2) is 16.5. The Balaban J connectivity index is 1.86. The number of hydrogen-bond acceptors (Lipinski definition) is 6. The topological polar surface area (TPSA) is 105 Å². The van der Waals surface area contributed by atoms with Crippen LogP contribution < -0.4 is 19.1 Å². The first-order valence-corrected chi connectivity index (χ1v) is 17.5. The van der Waals surface area contributed by atoms with E-state index in [4.69, 9.17) is 9.47 Å². The first-order valence-electron chi connectivity index (χ1n) is 15.2. The van der Waals surface area contributed by atoms with Gasteiger partial charge in [0, 0.05) is 30.0 Å². The normalized spacial score (nSPS) is 11.8. The van der Waals surface area contributed by atoms with Crippen molar-refractivity contribution in [2.75, 3.05) is 31.6 Å². The maximum atomic E-state index is 14.7. The molecule has 9 nitrogen and oxygen atoms in total. The number of hydrogen-bond donors (Lipinski definition) is 1. The van der Waals surface area contributed by atoms with Crippen LogP contribution >= 0.6 is 15.9 Å². The number of rotatable bonds is 15. The number of anilines is 1. The van der Waals surface area contributed by atoms with Gasteiger partial charge < -0.3 is 19.7 Å². The third kappa shape index (κ3) is 9.14. The first-order chi connectivity index (χ1) is 22.6. The van der Waals surface area contributed by atoms with Crippen LogP contribution in [0.4, 0.5) is 5.69 Å². The Morgan fingerprint density at radius 1 is 0.872 bits per heavy atom. The van der Waals surface area contributed by atoms with E-state index in [1.54, 1.807) is 24.3 Å². The molecule has 0 fully saturated rings. The Bertz CT molecular complexity index is 1770. The molecule has 0 radical (unpaired) electrons. The summed E-state index contributed by atoms with van der Waals surface area (Å²) in [5.74, 6) is -0.289. The van der Waals surface area contributed by atoms with Gasteiger partial charge in [-0.15, -0.1) is 0 Å². The lowest BCUT2D eigenvalue weighted by Crippen LogP contribution is -2.53. The maximum absolute atomic E-state index is 14.7. The molecule has 4 rings (SSSR count). The average molecular weight is 723 g/mol. The Morgan fingerprint density at radius 2 is 1.57 bits per heavy atom. The van der Waals surface area contributed by atoms with E-state index in [0.717, 1.165) is 25.5 Å². The molecule has 0 spiro atoms. The fourth-order valence-corrected chi connectivity index (χ4v) is 6.96. The summed E-state index contributed by atoms with van der Waals surface area (Å²) in [5.41, 5.74) is 2.63. The van der Waals surface area contributed by atoms with Crippen molar-refractivity contribution in [3.8, 4) is 11.5 Å². The predicted octanol–water partition coefficient (Wildman–Crippen LogP) is 6.14. The molecule has 0 aromatic heterocycles. The van der Waals surface area contributed by atoms with Crippen LogP contribution in [-0.4, -0.2) is 58.5 Å². The first kappa shape index (κ1) is 35.5. The predicted molar refractivity (Wildman–Crippen MR) is 187 cm³/mol. The molecule has 47 heavy (non-hydrogen) atoms. The van der Waals surface area contributed by atoms with E-state index in [1.165, 1.54) is 37.3 Å². The van der Waals surface area contributed by atoms with Crippen molar-refractivity contribution in [3.05, 3.63) is 118 Å². The summed E-state index contributed by atoms with van der Waals surface area (Å²) in [5, 5.41) is 2.95. The highest BCUT2D eigenvalue weighted by Gasteiger charge is 2.35. The molecule has 0 heterocycles. The highest BCUT2D eigenvalue weighted by atomic mass is 79.9. The number of benzene rings is 4. The van der Waals surface area contributed by atoms with Gasteiger partial charge >= 0.3 is 0 Å². The minimum atomic E-state index is -4.31. The van der Waals surface area contributed by atoms with Crippen LogP contribution in [0.5, 0.6) is 11.5 Å². The molecule has 2 amide bonds. The van der Waals surface area contributed by atoms with Crippen molar-refractivity contribution < 1.29 is 27.5 Å². The van der Waals surface area contributed by atoms with Gasteiger partial charge in [0.1, 0.15) is 24.1 Å². The molecule has 0 bridgehead atoms. The van der Waals surface area contributed by atoms with Gasteiger partial charge in [-0.25, -0.2) is 8.42 Å². The summed E-state index contributed by atoms with van der Waals surface area (Å²) < 4.78 is 41.6. The highest BCUT2D eigenvalue weighted by Crippen LogP contribution is 2.36. The fourth-order valence-electron chi connectivity index (χ4n) is 5.09. The molecule has 0 aliphatic rings. The second-order valence-electron chi connectivity index (χ2n) is 11.0. The van der Waals surface area contributed by atoms with Crippen molar-refractivity contribution in [2.45, 2.75) is 44.2 Å². The number of aryl methyl sites for hydroxylation is 1. The zero-order chi connectivity index (χ0) is 34.0. The molecule has 4 aromatic rings. The molecule has 0 unspecified atom stereocenters. The molecule has 11 heteroatoms. The Hall–Kier alpha value is -4.35. The minimum Gasteiger partial charge on any atom is -0.497 e. The number of nitrogens with zero attached hydrogens (tertiary/aromatic N) is 2. The van der Waals surface area contributed by atoms with Gasteiger partial charge in [-0.3, -0.25) is 13.9 Å². The average Bonchev–Trinajstić information content (AvgIpc) is 3.07. The van der Waals surface area contributed by atoms with E-state index in [2.05, 4.69) is 21.2 Å². The van der Waals surface area contributed by atoms with Crippen molar-refractivity contribution in [3.63, 3.8) is 0 Å². The molecule has 0 aliphatic heterocycles.